The quantitative estimate of drug-likeness (QED) is 0.687. The lowest BCUT2D eigenvalue weighted by molar-refractivity contribution is -0.128. The summed E-state index contributed by atoms with van der Waals surface area (Å²) in [6.07, 6.45) is 0.417. The first-order valence-corrected chi connectivity index (χ1v) is 8.73. The van der Waals surface area contributed by atoms with Crippen LogP contribution in [0, 0.1) is 0 Å². The van der Waals surface area contributed by atoms with Gasteiger partial charge in [-0.05, 0) is 44.0 Å². The second-order valence-electron chi connectivity index (χ2n) is 5.96. The van der Waals surface area contributed by atoms with E-state index in [1.165, 1.54) is 13.0 Å². The molecule has 0 heterocycles. The Morgan fingerprint density at radius 2 is 1.78 bits per heavy atom. The molecule has 1 N–H and O–H groups in total. The Morgan fingerprint density at radius 1 is 1.04 bits per heavy atom. The smallest absolute Gasteiger partial charge is 0.338 e. The summed E-state index contributed by atoms with van der Waals surface area (Å²) in [5.41, 5.74) is 1.31. The van der Waals surface area contributed by atoms with E-state index in [1.54, 1.807) is 25.1 Å². The van der Waals surface area contributed by atoms with Crippen LogP contribution in [0.15, 0.2) is 54.6 Å². The highest BCUT2D eigenvalue weighted by atomic mass is 16.5. The third-order valence-electron chi connectivity index (χ3n) is 3.82. The fraction of sp³-hybridized carbons (Fsp3) is 0.286. The van der Waals surface area contributed by atoms with E-state index < -0.39 is 17.9 Å². The zero-order valence-corrected chi connectivity index (χ0v) is 15.4. The first-order chi connectivity index (χ1) is 13.0. The average Bonchev–Trinajstić information content (AvgIpc) is 2.67. The van der Waals surface area contributed by atoms with E-state index in [4.69, 9.17) is 9.47 Å². The number of nitrogens with one attached hydrogen (secondary N) is 1. The molecular formula is C21H23NO5. The maximum atomic E-state index is 12.2. The molecule has 0 aliphatic rings. The van der Waals surface area contributed by atoms with Crippen molar-refractivity contribution >= 4 is 17.7 Å². The van der Waals surface area contributed by atoms with Gasteiger partial charge in [0.2, 0.25) is 0 Å². The maximum absolute atomic E-state index is 12.2. The van der Waals surface area contributed by atoms with Crippen LogP contribution in [-0.4, -0.2) is 36.9 Å². The molecule has 0 bridgehead atoms. The second-order valence-corrected chi connectivity index (χ2v) is 5.96. The molecule has 27 heavy (non-hydrogen) atoms. The monoisotopic (exact) mass is 369 g/mol. The van der Waals surface area contributed by atoms with Gasteiger partial charge in [0.05, 0.1) is 18.2 Å². The van der Waals surface area contributed by atoms with Crippen molar-refractivity contribution in [3.8, 4) is 5.75 Å². The lowest BCUT2D eigenvalue weighted by Gasteiger charge is -2.16. The van der Waals surface area contributed by atoms with Crippen molar-refractivity contribution in [1.82, 2.24) is 5.32 Å². The summed E-state index contributed by atoms with van der Waals surface area (Å²) in [4.78, 5) is 35.7. The molecule has 0 aliphatic heterocycles. The normalized spacial score (nSPS) is 11.3. The highest BCUT2D eigenvalue weighted by Gasteiger charge is 2.18. The lowest BCUT2D eigenvalue weighted by atomic mass is 10.0. The topological polar surface area (TPSA) is 81.7 Å². The molecule has 0 spiro atoms. The van der Waals surface area contributed by atoms with E-state index in [-0.39, 0.29) is 19.0 Å². The van der Waals surface area contributed by atoms with Gasteiger partial charge in [-0.1, -0.05) is 36.4 Å². The summed E-state index contributed by atoms with van der Waals surface area (Å²) in [6, 6.07) is 15.3. The van der Waals surface area contributed by atoms with Crippen LogP contribution < -0.4 is 10.1 Å². The summed E-state index contributed by atoms with van der Waals surface area (Å²) >= 11 is 0. The summed E-state index contributed by atoms with van der Waals surface area (Å²) < 4.78 is 10.4. The molecular weight excluding hydrogens is 346 g/mol. The first-order valence-electron chi connectivity index (χ1n) is 8.73. The first kappa shape index (κ1) is 20.2. The SMILES string of the molecule is CCOC(=O)c1cccc(OCC(=O)N[C@@H](Cc2ccccc2)C(C)=O)c1. The van der Waals surface area contributed by atoms with Crippen molar-refractivity contribution in [2.75, 3.05) is 13.2 Å². The number of esters is 1. The fourth-order valence-corrected chi connectivity index (χ4v) is 2.46. The highest BCUT2D eigenvalue weighted by Crippen LogP contribution is 2.14. The minimum Gasteiger partial charge on any atom is -0.484 e. The van der Waals surface area contributed by atoms with Crippen LogP contribution in [0.25, 0.3) is 0 Å². The van der Waals surface area contributed by atoms with Crippen molar-refractivity contribution < 1.29 is 23.9 Å². The van der Waals surface area contributed by atoms with Crippen molar-refractivity contribution in [2.24, 2.45) is 0 Å². The number of ketones is 1. The molecule has 2 rings (SSSR count). The molecule has 142 valence electrons. The van der Waals surface area contributed by atoms with Gasteiger partial charge >= 0.3 is 5.97 Å². The minimum absolute atomic E-state index is 0.128. The predicted molar refractivity (Wildman–Crippen MR) is 101 cm³/mol. The zero-order valence-electron chi connectivity index (χ0n) is 15.4. The Bertz CT molecular complexity index is 788. The highest BCUT2D eigenvalue weighted by molar-refractivity contribution is 5.90. The number of rotatable bonds is 9. The van der Waals surface area contributed by atoms with Crippen LogP contribution in [-0.2, 0) is 20.7 Å². The second kappa shape index (κ2) is 10.1. The van der Waals surface area contributed by atoms with Crippen molar-refractivity contribution in [2.45, 2.75) is 26.3 Å². The number of carbonyl (C=O) groups is 3. The molecule has 2 aromatic rings. The zero-order chi connectivity index (χ0) is 19.6. The van der Waals surface area contributed by atoms with Gasteiger partial charge in [-0.15, -0.1) is 0 Å². The van der Waals surface area contributed by atoms with Gasteiger partial charge in [0.25, 0.3) is 5.91 Å². The van der Waals surface area contributed by atoms with Crippen LogP contribution in [0.4, 0.5) is 0 Å². The van der Waals surface area contributed by atoms with Crippen LogP contribution in [0.3, 0.4) is 0 Å². The fourth-order valence-electron chi connectivity index (χ4n) is 2.46. The number of hydrogen-bond acceptors (Lipinski definition) is 5. The van der Waals surface area contributed by atoms with Crippen LogP contribution >= 0.6 is 0 Å². The Morgan fingerprint density at radius 3 is 2.44 bits per heavy atom. The molecule has 0 radical (unpaired) electrons. The van der Waals surface area contributed by atoms with Gasteiger partial charge in [0, 0.05) is 0 Å². The minimum atomic E-state index is -0.616. The molecule has 0 aliphatic carbocycles. The Balaban J connectivity index is 1.91. The van der Waals surface area contributed by atoms with Gasteiger partial charge < -0.3 is 14.8 Å². The van der Waals surface area contributed by atoms with Gasteiger partial charge in [-0.25, -0.2) is 4.79 Å². The van der Waals surface area contributed by atoms with E-state index >= 15 is 0 Å². The van der Waals surface area contributed by atoms with Gasteiger partial charge in [0.1, 0.15) is 5.75 Å². The Hall–Kier alpha value is -3.15. The van der Waals surface area contributed by atoms with E-state index in [0.717, 1.165) is 5.56 Å². The van der Waals surface area contributed by atoms with Gasteiger partial charge in [0.15, 0.2) is 12.4 Å². The summed E-state index contributed by atoms with van der Waals surface area (Å²) in [7, 11) is 0. The van der Waals surface area contributed by atoms with E-state index in [2.05, 4.69) is 5.32 Å². The molecule has 1 atom stereocenters. The van der Waals surface area contributed by atoms with E-state index in [1.807, 2.05) is 30.3 Å². The number of ether oxygens (including phenoxy) is 2. The number of carbonyl (C=O) groups excluding carboxylic acids is 3. The Kier molecular flexibility index (Phi) is 7.55. The van der Waals surface area contributed by atoms with Crippen LogP contribution in [0.5, 0.6) is 5.75 Å². The third kappa shape index (κ3) is 6.58. The molecule has 1 amide bonds. The summed E-state index contributed by atoms with van der Waals surface area (Å²) in [6.45, 7) is 3.19. The van der Waals surface area contributed by atoms with Gasteiger partial charge in [-0.2, -0.15) is 0 Å². The Labute approximate surface area is 158 Å². The molecule has 6 nitrogen and oxygen atoms in total. The maximum Gasteiger partial charge on any atom is 0.338 e. The summed E-state index contributed by atoms with van der Waals surface area (Å²) in [5, 5.41) is 2.69. The largest absolute Gasteiger partial charge is 0.484 e. The van der Waals surface area contributed by atoms with Crippen molar-refractivity contribution in [3.63, 3.8) is 0 Å². The summed E-state index contributed by atoms with van der Waals surface area (Å²) in [5.74, 6) is -0.616. The van der Waals surface area contributed by atoms with E-state index in [9.17, 15) is 14.4 Å². The number of amides is 1. The molecule has 0 saturated heterocycles. The number of Topliss-reactive ketones (excluding diaryl/α,β-unsaturated/α-hetero) is 1. The number of benzene rings is 2. The van der Waals surface area contributed by atoms with Crippen molar-refractivity contribution in [1.29, 1.82) is 0 Å². The van der Waals surface area contributed by atoms with Crippen LogP contribution in [0.1, 0.15) is 29.8 Å². The lowest BCUT2D eigenvalue weighted by Crippen LogP contribution is -2.43. The molecule has 0 unspecified atom stereocenters. The molecule has 0 saturated carbocycles. The van der Waals surface area contributed by atoms with E-state index in [0.29, 0.717) is 17.7 Å². The number of hydrogen-bond donors (Lipinski definition) is 1. The van der Waals surface area contributed by atoms with Crippen LogP contribution in [0.2, 0.25) is 0 Å². The van der Waals surface area contributed by atoms with Gasteiger partial charge in [-0.3, -0.25) is 9.59 Å². The van der Waals surface area contributed by atoms with Crippen molar-refractivity contribution in [3.05, 3.63) is 65.7 Å². The average molecular weight is 369 g/mol. The standard InChI is InChI=1S/C21H23NO5/c1-3-26-21(25)17-10-7-11-18(13-17)27-14-20(24)22-19(15(2)23)12-16-8-5-4-6-9-16/h4-11,13,19H,3,12,14H2,1-2H3,(H,22,24)/t19-/m0/s1. The molecule has 6 heteroatoms. The predicted octanol–water partition coefficient (Wildman–Crippen LogP) is 2.56. The molecule has 0 aromatic heterocycles. The molecule has 2 aromatic carbocycles. The third-order valence-corrected chi connectivity index (χ3v) is 3.82. The molecule has 0 fully saturated rings.